The van der Waals surface area contributed by atoms with Crippen LogP contribution in [-0.2, 0) is 34.5 Å². The van der Waals surface area contributed by atoms with E-state index in [4.69, 9.17) is 4.74 Å². The molecule has 1 atom stereocenters. The van der Waals surface area contributed by atoms with Gasteiger partial charge in [0, 0.05) is 43.6 Å². The van der Waals surface area contributed by atoms with Gasteiger partial charge in [-0.05, 0) is 54.0 Å². The Kier molecular flexibility index (Phi) is 8.03. The number of nitro benzene ring substituents is 1. The van der Waals surface area contributed by atoms with Gasteiger partial charge in [-0.25, -0.2) is 0 Å². The lowest BCUT2D eigenvalue weighted by atomic mass is 9.65. The van der Waals surface area contributed by atoms with Gasteiger partial charge in [-0.1, -0.05) is 84.5 Å². The number of fused-ring (bicyclic) bond motifs is 1. The van der Waals surface area contributed by atoms with Gasteiger partial charge in [-0.2, -0.15) is 0 Å². The van der Waals surface area contributed by atoms with E-state index in [2.05, 4.69) is 65.6 Å². The average molecular weight is 523 g/mol. The quantitative estimate of drug-likeness (QED) is 0.178. The van der Waals surface area contributed by atoms with Crippen LogP contribution < -0.4 is 0 Å². The molecule has 0 bridgehead atoms. The molecule has 1 heterocycles. The fourth-order valence-electron chi connectivity index (χ4n) is 5.97. The van der Waals surface area contributed by atoms with Crippen molar-refractivity contribution in [1.82, 2.24) is 4.90 Å². The summed E-state index contributed by atoms with van der Waals surface area (Å²) in [5.74, 6) is -0.190. The Morgan fingerprint density at radius 1 is 1.05 bits per heavy atom. The number of benzene rings is 3. The van der Waals surface area contributed by atoms with E-state index in [1.807, 2.05) is 25.1 Å². The van der Waals surface area contributed by atoms with Gasteiger partial charge in [0.05, 0.1) is 11.5 Å². The topological polar surface area (TPSA) is 72.7 Å². The van der Waals surface area contributed by atoms with Crippen molar-refractivity contribution >= 4 is 11.7 Å². The fourth-order valence-corrected chi connectivity index (χ4v) is 5.97. The maximum absolute atomic E-state index is 12.1. The summed E-state index contributed by atoms with van der Waals surface area (Å²) in [6.45, 7) is 4.95. The summed E-state index contributed by atoms with van der Waals surface area (Å²) in [6.07, 6.45) is 9.01. The molecule has 0 fully saturated rings. The third-order valence-corrected chi connectivity index (χ3v) is 7.84. The Morgan fingerprint density at radius 2 is 1.85 bits per heavy atom. The molecule has 200 valence electrons. The standard InChI is InChI=1S/C33H34N2O4/c1-2-39-32(36)18-13-25-10-7-20-33(22-25,28-14-16-29(17-15-28)35(37)38)31-12-6-11-27-24-34(21-19-30(27)31)23-26-8-4-3-5-9-26/h3-12,14-17,20H,2,13,18-19,21-24H2,1H3. The van der Waals surface area contributed by atoms with Crippen molar-refractivity contribution in [3.8, 4) is 0 Å². The maximum Gasteiger partial charge on any atom is 0.306 e. The van der Waals surface area contributed by atoms with Gasteiger partial charge >= 0.3 is 5.97 Å². The van der Waals surface area contributed by atoms with Gasteiger partial charge in [-0.3, -0.25) is 19.8 Å². The summed E-state index contributed by atoms with van der Waals surface area (Å²) >= 11 is 0. The molecule has 1 aliphatic carbocycles. The molecule has 3 aromatic carbocycles. The molecule has 2 aliphatic rings. The van der Waals surface area contributed by atoms with Gasteiger partial charge in [0.1, 0.15) is 0 Å². The Bertz CT molecular complexity index is 1390. The van der Waals surface area contributed by atoms with Crippen LogP contribution >= 0.6 is 0 Å². The van der Waals surface area contributed by atoms with Crippen LogP contribution in [0.4, 0.5) is 5.69 Å². The molecule has 0 saturated carbocycles. The molecular formula is C33H34N2O4. The van der Waals surface area contributed by atoms with Gasteiger partial charge < -0.3 is 4.74 Å². The van der Waals surface area contributed by atoms with Crippen LogP contribution in [0.2, 0.25) is 0 Å². The largest absolute Gasteiger partial charge is 0.466 e. The number of carbonyl (C=O) groups excluding carboxylic acids is 1. The maximum atomic E-state index is 12.1. The summed E-state index contributed by atoms with van der Waals surface area (Å²) in [6, 6.07) is 24.1. The van der Waals surface area contributed by atoms with E-state index in [1.54, 1.807) is 12.1 Å². The highest BCUT2D eigenvalue weighted by Crippen LogP contribution is 2.45. The molecule has 5 rings (SSSR count). The first kappa shape index (κ1) is 26.6. The number of esters is 1. The van der Waals surface area contributed by atoms with Gasteiger partial charge in [0.25, 0.3) is 5.69 Å². The summed E-state index contributed by atoms with van der Waals surface area (Å²) < 4.78 is 5.16. The molecule has 0 radical (unpaired) electrons. The zero-order valence-electron chi connectivity index (χ0n) is 22.3. The Hall–Kier alpha value is -4.03. The van der Waals surface area contributed by atoms with Crippen LogP contribution in [-0.4, -0.2) is 28.9 Å². The third-order valence-electron chi connectivity index (χ3n) is 7.84. The van der Waals surface area contributed by atoms with Crippen LogP contribution in [0.1, 0.15) is 54.0 Å². The molecule has 39 heavy (non-hydrogen) atoms. The third kappa shape index (κ3) is 5.86. The molecule has 1 aliphatic heterocycles. The lowest BCUT2D eigenvalue weighted by molar-refractivity contribution is -0.384. The van der Waals surface area contributed by atoms with Crippen molar-refractivity contribution in [2.24, 2.45) is 0 Å². The van der Waals surface area contributed by atoms with Gasteiger partial charge in [-0.15, -0.1) is 0 Å². The summed E-state index contributed by atoms with van der Waals surface area (Å²) in [5.41, 5.74) is 7.04. The van der Waals surface area contributed by atoms with Crippen LogP contribution in [0.3, 0.4) is 0 Å². The molecule has 0 spiro atoms. The van der Waals surface area contributed by atoms with E-state index < -0.39 is 5.41 Å². The minimum atomic E-state index is -0.471. The molecular weight excluding hydrogens is 488 g/mol. The van der Waals surface area contributed by atoms with E-state index in [9.17, 15) is 14.9 Å². The van der Waals surface area contributed by atoms with Crippen molar-refractivity contribution < 1.29 is 14.5 Å². The van der Waals surface area contributed by atoms with Gasteiger partial charge in [0.2, 0.25) is 0 Å². The Labute approximate surface area is 229 Å². The zero-order chi connectivity index (χ0) is 27.2. The van der Waals surface area contributed by atoms with Crippen molar-refractivity contribution in [2.75, 3.05) is 13.2 Å². The van der Waals surface area contributed by atoms with Crippen molar-refractivity contribution in [3.05, 3.63) is 135 Å². The molecule has 0 N–H and O–H groups in total. The fraction of sp³-hybridized carbons (Fsp3) is 0.303. The lowest BCUT2D eigenvalue weighted by Gasteiger charge is -2.39. The average Bonchev–Trinajstić information content (AvgIpc) is 2.96. The summed E-state index contributed by atoms with van der Waals surface area (Å²) in [4.78, 5) is 25.6. The van der Waals surface area contributed by atoms with E-state index in [0.29, 0.717) is 25.9 Å². The highest BCUT2D eigenvalue weighted by Gasteiger charge is 2.37. The predicted octanol–water partition coefficient (Wildman–Crippen LogP) is 6.67. The molecule has 3 aromatic rings. The SMILES string of the molecule is CCOC(=O)CCC1=CC=CC(c2ccc([N+](=O)[O-])cc2)(c2cccc3c2CCN(Cc2ccccc2)C3)C1. The van der Waals surface area contributed by atoms with Crippen LogP contribution in [0, 0.1) is 10.1 Å². The van der Waals surface area contributed by atoms with Crippen LogP contribution in [0.25, 0.3) is 0 Å². The van der Waals surface area contributed by atoms with Crippen molar-refractivity contribution in [3.63, 3.8) is 0 Å². The smallest absolute Gasteiger partial charge is 0.306 e. The van der Waals surface area contributed by atoms with Crippen LogP contribution in [0.15, 0.2) is 96.6 Å². The highest BCUT2D eigenvalue weighted by atomic mass is 16.6. The Balaban J connectivity index is 1.49. The summed E-state index contributed by atoms with van der Waals surface area (Å²) in [7, 11) is 0. The molecule has 0 amide bonds. The monoisotopic (exact) mass is 522 g/mol. The second kappa shape index (κ2) is 11.8. The lowest BCUT2D eigenvalue weighted by Crippen LogP contribution is -2.34. The van der Waals surface area contributed by atoms with Gasteiger partial charge in [0.15, 0.2) is 0 Å². The normalized spacial score (nSPS) is 18.7. The minimum Gasteiger partial charge on any atom is -0.466 e. The number of rotatable bonds is 9. The second-order valence-electron chi connectivity index (χ2n) is 10.3. The Morgan fingerprint density at radius 3 is 2.59 bits per heavy atom. The number of nitro groups is 1. The molecule has 6 nitrogen and oxygen atoms in total. The summed E-state index contributed by atoms with van der Waals surface area (Å²) in [5, 5.41) is 11.4. The van der Waals surface area contributed by atoms with Crippen molar-refractivity contribution in [1.29, 1.82) is 0 Å². The van der Waals surface area contributed by atoms with Crippen molar-refractivity contribution in [2.45, 2.75) is 51.1 Å². The number of ether oxygens (including phenoxy) is 1. The number of nitrogens with zero attached hydrogens (tertiary/aromatic N) is 2. The molecule has 6 heteroatoms. The number of hydrogen-bond donors (Lipinski definition) is 0. The van der Waals surface area contributed by atoms with Crippen LogP contribution in [0.5, 0.6) is 0 Å². The second-order valence-corrected chi connectivity index (χ2v) is 10.3. The highest BCUT2D eigenvalue weighted by molar-refractivity contribution is 5.69. The molecule has 1 unspecified atom stereocenters. The number of hydrogen-bond acceptors (Lipinski definition) is 5. The van der Waals surface area contributed by atoms with E-state index in [-0.39, 0.29) is 16.6 Å². The van der Waals surface area contributed by atoms with E-state index in [0.717, 1.165) is 31.6 Å². The zero-order valence-corrected chi connectivity index (χ0v) is 22.3. The van der Waals surface area contributed by atoms with E-state index in [1.165, 1.54) is 27.8 Å². The first-order valence-electron chi connectivity index (χ1n) is 13.6. The molecule has 0 aromatic heterocycles. The first-order valence-corrected chi connectivity index (χ1v) is 13.6. The first-order chi connectivity index (χ1) is 19.0. The number of non-ortho nitro benzene ring substituents is 1. The van der Waals surface area contributed by atoms with E-state index >= 15 is 0 Å². The minimum absolute atomic E-state index is 0.0819. The molecule has 0 saturated heterocycles. The number of carbonyl (C=O) groups is 1. The number of allylic oxidation sites excluding steroid dienone is 4. The predicted molar refractivity (Wildman–Crippen MR) is 152 cm³/mol.